The average Bonchev–Trinajstić information content (AvgIpc) is 2.05. The molecule has 1 heteroatoms. The Labute approximate surface area is 60.6 Å². The Morgan fingerprint density at radius 3 is 3.00 bits per heavy atom. The smallest absolute Gasteiger partial charge is 0.113 e. The van der Waals surface area contributed by atoms with Gasteiger partial charge in [0.2, 0.25) is 0 Å². The molecular weight excluding hydrogens is 124 g/mol. The molecule has 1 aromatic rings. The van der Waals surface area contributed by atoms with Crippen LogP contribution in [-0.2, 0) is 11.2 Å². The van der Waals surface area contributed by atoms with Crippen molar-refractivity contribution in [2.45, 2.75) is 6.42 Å². The zero-order valence-corrected chi connectivity index (χ0v) is 5.71. The fourth-order valence-corrected chi connectivity index (χ4v) is 1.19. The largest absolute Gasteiger partial charge is 0.370 e. The van der Waals surface area contributed by atoms with Gasteiger partial charge in [-0.3, -0.25) is 0 Å². The van der Waals surface area contributed by atoms with Gasteiger partial charge in [0.25, 0.3) is 0 Å². The van der Waals surface area contributed by atoms with Crippen LogP contribution in [0.4, 0.5) is 0 Å². The fourth-order valence-electron chi connectivity index (χ4n) is 1.19. The molecule has 0 bridgehead atoms. The molecule has 0 spiro atoms. The van der Waals surface area contributed by atoms with Gasteiger partial charge in [-0.25, -0.2) is 0 Å². The van der Waals surface area contributed by atoms with Gasteiger partial charge >= 0.3 is 0 Å². The lowest BCUT2D eigenvalue weighted by Gasteiger charge is -2.14. The van der Waals surface area contributed by atoms with E-state index in [1.54, 1.807) is 0 Å². The van der Waals surface area contributed by atoms with Crippen molar-refractivity contribution in [2.75, 3.05) is 6.61 Å². The number of ether oxygens (including phenoxy) is 1. The molecule has 51 valence electrons. The summed E-state index contributed by atoms with van der Waals surface area (Å²) in [7, 11) is 0. The van der Waals surface area contributed by atoms with E-state index in [1.807, 2.05) is 12.7 Å². The van der Waals surface area contributed by atoms with E-state index in [4.69, 9.17) is 4.74 Å². The Morgan fingerprint density at radius 2 is 2.10 bits per heavy atom. The predicted molar refractivity (Wildman–Crippen MR) is 39.5 cm³/mol. The third kappa shape index (κ3) is 0.929. The maximum Gasteiger partial charge on any atom is 0.113 e. The van der Waals surface area contributed by atoms with Crippen LogP contribution in [0.5, 0.6) is 0 Å². The van der Waals surface area contributed by atoms with Crippen LogP contribution in [0.1, 0.15) is 11.1 Å². The Morgan fingerprint density at radius 1 is 1.20 bits per heavy atom. The molecule has 1 aromatic carbocycles. The summed E-state index contributed by atoms with van der Waals surface area (Å²) in [6.45, 7) is 2.66. The second kappa shape index (κ2) is 2.43. The maximum absolute atomic E-state index is 5.17. The van der Waals surface area contributed by atoms with E-state index >= 15 is 0 Å². The molecule has 1 heterocycles. The van der Waals surface area contributed by atoms with Gasteiger partial charge < -0.3 is 4.74 Å². The third-order valence-electron chi connectivity index (χ3n) is 1.75. The minimum absolute atomic E-state index is 0.830. The molecule has 0 N–H and O–H groups in total. The van der Waals surface area contributed by atoms with Gasteiger partial charge in [-0.1, -0.05) is 24.3 Å². The summed E-state index contributed by atoms with van der Waals surface area (Å²) >= 11 is 0. The van der Waals surface area contributed by atoms with E-state index in [9.17, 15) is 0 Å². The number of hydrogen-bond donors (Lipinski definition) is 0. The highest BCUT2D eigenvalue weighted by molar-refractivity contribution is 5.32. The van der Waals surface area contributed by atoms with Crippen LogP contribution in [0.25, 0.3) is 0 Å². The van der Waals surface area contributed by atoms with Crippen LogP contribution >= 0.6 is 0 Å². The Bertz CT molecular complexity index is 205. The highest BCUT2D eigenvalue weighted by Gasteiger charge is 2.06. The number of benzene rings is 1. The Hall–Kier alpha value is -0.820. The van der Waals surface area contributed by atoms with E-state index < -0.39 is 0 Å². The molecule has 10 heavy (non-hydrogen) atoms. The first kappa shape index (κ1) is 5.93. The van der Waals surface area contributed by atoms with E-state index in [0.717, 1.165) is 13.0 Å². The standard InChI is InChI=1S/C9H9O/c1-2-4-9-7-10-6-5-8(9)3-1/h1-4,7H,5-6H2. The minimum Gasteiger partial charge on any atom is -0.370 e. The van der Waals surface area contributed by atoms with Crippen LogP contribution < -0.4 is 0 Å². The third-order valence-corrected chi connectivity index (χ3v) is 1.75. The van der Waals surface area contributed by atoms with Crippen molar-refractivity contribution >= 4 is 0 Å². The van der Waals surface area contributed by atoms with Crippen molar-refractivity contribution in [1.29, 1.82) is 0 Å². The van der Waals surface area contributed by atoms with Crippen LogP contribution in [0.15, 0.2) is 24.3 Å². The quantitative estimate of drug-likeness (QED) is 0.524. The molecule has 0 fully saturated rings. The molecular formula is C9H9O. The molecule has 0 aromatic heterocycles. The normalized spacial score (nSPS) is 16.4. The van der Waals surface area contributed by atoms with Crippen LogP contribution in [-0.4, -0.2) is 6.61 Å². The fraction of sp³-hybridized carbons (Fsp3) is 0.222. The van der Waals surface area contributed by atoms with E-state index in [-0.39, 0.29) is 0 Å². The van der Waals surface area contributed by atoms with Crippen molar-refractivity contribution in [2.24, 2.45) is 0 Å². The molecule has 0 saturated heterocycles. The van der Waals surface area contributed by atoms with Gasteiger partial charge in [0.15, 0.2) is 0 Å². The second-order valence-corrected chi connectivity index (χ2v) is 2.44. The lowest BCUT2D eigenvalue weighted by Crippen LogP contribution is -2.06. The summed E-state index contributed by atoms with van der Waals surface area (Å²) in [5, 5.41) is 0. The average molecular weight is 133 g/mol. The highest BCUT2D eigenvalue weighted by atomic mass is 16.5. The minimum atomic E-state index is 0.830. The monoisotopic (exact) mass is 133 g/mol. The van der Waals surface area contributed by atoms with Gasteiger partial charge in [0, 0.05) is 0 Å². The molecule has 0 saturated carbocycles. The van der Waals surface area contributed by atoms with Crippen LogP contribution in [0.2, 0.25) is 0 Å². The molecule has 0 amide bonds. The summed E-state index contributed by atoms with van der Waals surface area (Å²) in [6, 6.07) is 8.32. The molecule has 1 aliphatic rings. The van der Waals surface area contributed by atoms with Crippen molar-refractivity contribution in [1.82, 2.24) is 0 Å². The molecule has 0 aliphatic carbocycles. The maximum atomic E-state index is 5.17. The van der Waals surface area contributed by atoms with Crippen molar-refractivity contribution < 1.29 is 4.74 Å². The van der Waals surface area contributed by atoms with Gasteiger partial charge in [-0.05, 0) is 17.5 Å². The van der Waals surface area contributed by atoms with E-state index in [0.29, 0.717) is 0 Å². The van der Waals surface area contributed by atoms with Crippen LogP contribution in [0.3, 0.4) is 0 Å². The first-order valence-corrected chi connectivity index (χ1v) is 3.49. The topological polar surface area (TPSA) is 9.23 Å². The first-order valence-electron chi connectivity index (χ1n) is 3.49. The summed E-state index contributed by atoms with van der Waals surface area (Å²) in [4.78, 5) is 0. The first-order chi connectivity index (χ1) is 4.97. The lowest BCUT2D eigenvalue weighted by atomic mass is 10.0. The Kier molecular flexibility index (Phi) is 1.44. The predicted octanol–water partition coefficient (Wildman–Crippen LogP) is 1.77. The van der Waals surface area contributed by atoms with Crippen molar-refractivity contribution in [3.05, 3.63) is 42.0 Å². The number of rotatable bonds is 0. The molecule has 0 atom stereocenters. The molecule has 1 radical (unpaired) electrons. The molecule has 1 nitrogen and oxygen atoms in total. The van der Waals surface area contributed by atoms with Gasteiger partial charge in [0.05, 0.1) is 6.61 Å². The van der Waals surface area contributed by atoms with Gasteiger partial charge in [-0.2, -0.15) is 0 Å². The summed E-state index contributed by atoms with van der Waals surface area (Å²) < 4.78 is 5.17. The summed E-state index contributed by atoms with van der Waals surface area (Å²) in [5.74, 6) is 0. The van der Waals surface area contributed by atoms with Crippen molar-refractivity contribution in [3.63, 3.8) is 0 Å². The highest BCUT2D eigenvalue weighted by Crippen LogP contribution is 2.16. The van der Waals surface area contributed by atoms with Gasteiger partial charge in [0.1, 0.15) is 6.61 Å². The molecule has 0 unspecified atom stereocenters. The second-order valence-electron chi connectivity index (χ2n) is 2.44. The van der Waals surface area contributed by atoms with Gasteiger partial charge in [-0.15, -0.1) is 0 Å². The number of hydrogen-bond acceptors (Lipinski definition) is 1. The summed E-state index contributed by atoms with van der Waals surface area (Å²) in [5.41, 5.74) is 2.63. The summed E-state index contributed by atoms with van der Waals surface area (Å²) in [6.07, 6.45) is 1.05. The van der Waals surface area contributed by atoms with E-state index in [2.05, 4.69) is 18.2 Å². The molecule has 1 aliphatic heterocycles. The van der Waals surface area contributed by atoms with Crippen molar-refractivity contribution in [3.8, 4) is 0 Å². The Balaban J connectivity index is 2.41. The zero-order valence-electron chi connectivity index (χ0n) is 5.71. The number of fused-ring (bicyclic) bond motifs is 1. The SMILES string of the molecule is [CH]1OCCc2ccccc21. The van der Waals surface area contributed by atoms with Crippen LogP contribution in [0, 0.1) is 6.61 Å². The lowest BCUT2D eigenvalue weighted by molar-refractivity contribution is 0.203. The van der Waals surface area contributed by atoms with E-state index in [1.165, 1.54) is 11.1 Å². The molecule has 2 rings (SSSR count). The zero-order chi connectivity index (χ0) is 6.81.